The summed E-state index contributed by atoms with van der Waals surface area (Å²) in [6.45, 7) is 18.1. The van der Waals surface area contributed by atoms with Gasteiger partial charge >= 0.3 is 0 Å². The van der Waals surface area contributed by atoms with E-state index < -0.39 is 0 Å². The lowest BCUT2D eigenvalue weighted by molar-refractivity contribution is 0.477. The van der Waals surface area contributed by atoms with Crippen molar-refractivity contribution in [1.29, 1.82) is 0 Å². The van der Waals surface area contributed by atoms with Crippen LogP contribution in [-0.4, -0.2) is 19.6 Å². The number of hydrogen-bond donors (Lipinski definition) is 1. The van der Waals surface area contributed by atoms with E-state index in [4.69, 9.17) is 9.97 Å². The van der Waals surface area contributed by atoms with E-state index in [0.717, 1.165) is 51.1 Å². The van der Waals surface area contributed by atoms with E-state index in [1.54, 1.807) is 6.07 Å². The van der Waals surface area contributed by atoms with Crippen molar-refractivity contribution in [3.05, 3.63) is 168 Å². The van der Waals surface area contributed by atoms with Gasteiger partial charge in [0.05, 0.1) is 22.3 Å². The Morgan fingerprint density at radius 1 is 0.552 bits per heavy atom. The standard InChI is InChI=1S/C54H53N3O/c1-35(2)29-39-33-44(25-26-45(39)37-15-10-9-11-16-37)57-49-19-14-18-46(51(49)56-52(57)47-17-12-13-20-50(47)58)40-30-41(32-43(31-40)54(6,7)8)48-34-38(27-28-55-48)36-21-23-42(24-22-36)53(3,4)5/h9-28,30-35,58H,29H2,1-8H3. The number of imidazole rings is 1. The van der Waals surface area contributed by atoms with Gasteiger partial charge in [0.25, 0.3) is 0 Å². The number of para-hydroxylation sites is 2. The van der Waals surface area contributed by atoms with Crippen LogP contribution >= 0.6 is 0 Å². The minimum atomic E-state index is -0.118. The van der Waals surface area contributed by atoms with Crippen LogP contribution in [0.15, 0.2) is 152 Å². The van der Waals surface area contributed by atoms with Gasteiger partial charge in [-0.15, -0.1) is 0 Å². The summed E-state index contributed by atoms with van der Waals surface area (Å²) < 4.78 is 2.22. The number of fused-ring (bicyclic) bond motifs is 1. The maximum atomic E-state index is 11.3. The molecule has 58 heavy (non-hydrogen) atoms. The number of benzene rings is 6. The fourth-order valence-corrected chi connectivity index (χ4v) is 7.96. The molecular formula is C54H53N3O. The highest BCUT2D eigenvalue weighted by Gasteiger charge is 2.23. The molecule has 0 aliphatic rings. The number of aromatic hydroxyl groups is 1. The average molecular weight is 760 g/mol. The summed E-state index contributed by atoms with van der Waals surface area (Å²) in [5.74, 6) is 1.36. The predicted molar refractivity (Wildman–Crippen MR) is 244 cm³/mol. The number of rotatable bonds is 8. The summed E-state index contributed by atoms with van der Waals surface area (Å²) in [6.07, 6.45) is 2.85. The molecule has 2 heterocycles. The lowest BCUT2D eigenvalue weighted by atomic mass is 9.83. The summed E-state index contributed by atoms with van der Waals surface area (Å²) >= 11 is 0. The summed E-state index contributed by atoms with van der Waals surface area (Å²) in [7, 11) is 0. The molecule has 0 atom stereocenters. The Kier molecular flexibility index (Phi) is 10.1. The molecule has 1 N–H and O–H groups in total. The van der Waals surface area contributed by atoms with Gasteiger partial charge in [-0.3, -0.25) is 9.55 Å². The molecule has 4 heteroatoms. The van der Waals surface area contributed by atoms with Crippen LogP contribution in [-0.2, 0) is 17.3 Å². The Morgan fingerprint density at radius 2 is 1.24 bits per heavy atom. The zero-order valence-electron chi connectivity index (χ0n) is 35.0. The second-order valence-corrected chi connectivity index (χ2v) is 18.1. The van der Waals surface area contributed by atoms with Gasteiger partial charge in [-0.05, 0) is 122 Å². The van der Waals surface area contributed by atoms with Gasteiger partial charge in [0.15, 0.2) is 0 Å². The highest BCUT2D eigenvalue weighted by molar-refractivity contribution is 5.97. The normalized spacial score (nSPS) is 12.1. The van der Waals surface area contributed by atoms with Gasteiger partial charge in [0, 0.05) is 23.0 Å². The first-order valence-electron chi connectivity index (χ1n) is 20.5. The molecule has 4 nitrogen and oxygen atoms in total. The van der Waals surface area contributed by atoms with E-state index in [2.05, 4.69) is 181 Å². The quantitative estimate of drug-likeness (QED) is 0.168. The van der Waals surface area contributed by atoms with E-state index in [1.807, 2.05) is 24.4 Å². The highest BCUT2D eigenvalue weighted by Crippen LogP contribution is 2.41. The van der Waals surface area contributed by atoms with Crippen molar-refractivity contribution < 1.29 is 5.11 Å². The fraction of sp³-hybridized carbons (Fsp3) is 0.222. The largest absolute Gasteiger partial charge is 0.507 e. The Labute approximate surface area is 343 Å². The van der Waals surface area contributed by atoms with Crippen molar-refractivity contribution in [2.45, 2.75) is 72.6 Å². The first-order chi connectivity index (χ1) is 27.7. The first-order valence-corrected chi connectivity index (χ1v) is 20.5. The van der Waals surface area contributed by atoms with Gasteiger partial charge in [0.2, 0.25) is 0 Å². The Hall–Kier alpha value is -6.26. The second kappa shape index (κ2) is 15.2. The van der Waals surface area contributed by atoms with Gasteiger partial charge in [-0.25, -0.2) is 4.98 Å². The number of pyridine rings is 1. The molecule has 0 aliphatic carbocycles. The molecule has 0 fully saturated rings. The monoisotopic (exact) mass is 759 g/mol. The summed E-state index contributed by atoms with van der Waals surface area (Å²) in [6, 6.07) is 51.4. The van der Waals surface area contributed by atoms with Crippen molar-refractivity contribution in [2.75, 3.05) is 0 Å². The van der Waals surface area contributed by atoms with Crippen LogP contribution in [0.25, 0.3) is 72.7 Å². The van der Waals surface area contributed by atoms with Crippen LogP contribution in [0.5, 0.6) is 5.75 Å². The predicted octanol–water partition coefficient (Wildman–Crippen LogP) is 14.3. The molecule has 0 aliphatic heterocycles. The molecule has 0 unspecified atom stereocenters. The third-order valence-corrected chi connectivity index (χ3v) is 11.1. The Balaban J connectivity index is 1.32. The first kappa shape index (κ1) is 38.6. The summed E-state index contributed by atoms with van der Waals surface area (Å²) in [5.41, 5.74) is 16.1. The van der Waals surface area contributed by atoms with E-state index in [-0.39, 0.29) is 16.6 Å². The van der Waals surface area contributed by atoms with Gasteiger partial charge in [-0.1, -0.05) is 146 Å². The molecule has 8 rings (SSSR count). The molecule has 0 amide bonds. The van der Waals surface area contributed by atoms with Gasteiger partial charge < -0.3 is 5.11 Å². The van der Waals surface area contributed by atoms with Crippen molar-refractivity contribution in [3.63, 3.8) is 0 Å². The lowest BCUT2D eigenvalue weighted by Gasteiger charge is -2.22. The van der Waals surface area contributed by atoms with E-state index in [9.17, 15) is 5.11 Å². The Morgan fingerprint density at radius 3 is 1.95 bits per heavy atom. The van der Waals surface area contributed by atoms with Crippen molar-refractivity contribution in [3.8, 4) is 67.5 Å². The molecule has 0 bridgehead atoms. The molecule has 0 spiro atoms. The van der Waals surface area contributed by atoms with Crippen LogP contribution in [0.1, 0.15) is 72.1 Å². The topological polar surface area (TPSA) is 50.9 Å². The zero-order chi connectivity index (χ0) is 40.8. The average Bonchev–Trinajstić information content (AvgIpc) is 3.60. The molecule has 0 radical (unpaired) electrons. The van der Waals surface area contributed by atoms with E-state index in [0.29, 0.717) is 17.3 Å². The number of phenolic OH excluding ortho intramolecular Hbond substituents is 1. The molecule has 6 aromatic carbocycles. The molecule has 2 aromatic heterocycles. The van der Waals surface area contributed by atoms with Crippen LogP contribution < -0.4 is 0 Å². The number of phenols is 1. The second-order valence-electron chi connectivity index (χ2n) is 18.1. The molecule has 290 valence electrons. The van der Waals surface area contributed by atoms with Crippen molar-refractivity contribution >= 4 is 11.0 Å². The molecular weight excluding hydrogens is 707 g/mol. The molecule has 8 aromatic rings. The summed E-state index contributed by atoms with van der Waals surface area (Å²) in [4.78, 5) is 10.4. The Bertz CT molecular complexity index is 2740. The van der Waals surface area contributed by atoms with E-state index in [1.165, 1.54) is 33.4 Å². The highest BCUT2D eigenvalue weighted by atomic mass is 16.3. The zero-order valence-corrected chi connectivity index (χ0v) is 35.0. The minimum Gasteiger partial charge on any atom is -0.507 e. The van der Waals surface area contributed by atoms with Crippen molar-refractivity contribution in [2.24, 2.45) is 5.92 Å². The molecule has 0 saturated carbocycles. The summed E-state index contributed by atoms with van der Waals surface area (Å²) in [5, 5.41) is 11.3. The lowest BCUT2D eigenvalue weighted by Crippen LogP contribution is -2.11. The van der Waals surface area contributed by atoms with Gasteiger partial charge in [-0.2, -0.15) is 0 Å². The third kappa shape index (κ3) is 7.72. The van der Waals surface area contributed by atoms with Crippen LogP contribution in [0.2, 0.25) is 0 Å². The maximum Gasteiger partial charge on any atom is 0.149 e. The van der Waals surface area contributed by atoms with E-state index >= 15 is 0 Å². The minimum absolute atomic E-state index is 0.0936. The van der Waals surface area contributed by atoms with Crippen LogP contribution in [0.4, 0.5) is 0 Å². The molecule has 0 saturated heterocycles. The smallest absolute Gasteiger partial charge is 0.149 e. The SMILES string of the molecule is CC(C)Cc1cc(-n2c(-c3ccccc3O)nc3c(-c4cc(-c5cc(-c6ccc(C(C)(C)C)cc6)ccn5)cc(C(C)(C)C)c4)cccc32)ccc1-c1ccccc1. The number of nitrogens with zero attached hydrogens (tertiary/aromatic N) is 3. The maximum absolute atomic E-state index is 11.3. The number of aromatic nitrogens is 3. The number of hydrogen-bond acceptors (Lipinski definition) is 3. The van der Waals surface area contributed by atoms with Crippen molar-refractivity contribution in [1.82, 2.24) is 14.5 Å². The van der Waals surface area contributed by atoms with Gasteiger partial charge in [0.1, 0.15) is 11.6 Å². The van der Waals surface area contributed by atoms with Crippen LogP contribution in [0, 0.1) is 5.92 Å². The fourth-order valence-electron chi connectivity index (χ4n) is 7.96. The van der Waals surface area contributed by atoms with Crippen LogP contribution in [0.3, 0.4) is 0 Å². The third-order valence-electron chi connectivity index (χ3n) is 11.1.